The zero-order valence-corrected chi connectivity index (χ0v) is 13.7. The van der Waals surface area contributed by atoms with Gasteiger partial charge in [-0.3, -0.25) is 0 Å². The largest absolute Gasteiger partial charge is 0.490 e. The Hall–Kier alpha value is -0.240. The van der Waals surface area contributed by atoms with E-state index in [1.54, 1.807) is 7.11 Å². The second-order valence-corrected chi connectivity index (χ2v) is 6.87. The lowest BCUT2D eigenvalue weighted by Crippen LogP contribution is -2.10. The van der Waals surface area contributed by atoms with Crippen molar-refractivity contribution in [2.24, 2.45) is 0 Å². The highest BCUT2D eigenvalue weighted by atomic mass is 35.7. The molecule has 114 valence electrons. The summed E-state index contributed by atoms with van der Waals surface area (Å²) in [5, 5.41) is -0.176. The maximum atomic E-state index is 11.2. The third-order valence-corrected chi connectivity index (χ3v) is 4.53. The van der Waals surface area contributed by atoms with Crippen LogP contribution in [0.4, 0.5) is 0 Å². The zero-order chi connectivity index (χ0) is 15.2. The number of halogens is 3. The zero-order valence-electron chi connectivity index (χ0n) is 10.6. The van der Waals surface area contributed by atoms with Gasteiger partial charge in [0.2, 0.25) is 0 Å². The van der Waals surface area contributed by atoms with Gasteiger partial charge >= 0.3 is 0 Å². The average Bonchev–Trinajstić information content (AvgIpc) is 2.37. The highest BCUT2D eigenvalue weighted by molar-refractivity contribution is 8.13. The van der Waals surface area contributed by atoms with E-state index >= 15 is 0 Å². The van der Waals surface area contributed by atoms with Gasteiger partial charge in [-0.15, -0.1) is 0 Å². The van der Waals surface area contributed by atoms with Gasteiger partial charge in [-0.2, -0.15) is 0 Å². The van der Waals surface area contributed by atoms with Gasteiger partial charge in [-0.05, 0) is 12.1 Å². The monoisotopic (exact) mass is 362 g/mol. The minimum atomic E-state index is -3.95. The minimum absolute atomic E-state index is 0.00900. The fraction of sp³-hybridized carbons (Fsp3) is 0.455. The van der Waals surface area contributed by atoms with E-state index in [1.165, 1.54) is 12.1 Å². The smallest absolute Gasteiger partial charge is 0.262 e. The Labute approximate surface area is 132 Å². The predicted molar refractivity (Wildman–Crippen MR) is 77.7 cm³/mol. The molecule has 0 spiro atoms. The van der Waals surface area contributed by atoms with Gasteiger partial charge in [0, 0.05) is 17.8 Å². The number of ether oxygens (including phenoxy) is 3. The molecule has 0 saturated heterocycles. The van der Waals surface area contributed by atoms with E-state index in [0.29, 0.717) is 19.8 Å². The summed E-state index contributed by atoms with van der Waals surface area (Å²) in [6.45, 7) is 1.53. The lowest BCUT2D eigenvalue weighted by Gasteiger charge is -2.11. The van der Waals surface area contributed by atoms with Crippen LogP contribution in [0.15, 0.2) is 17.0 Å². The van der Waals surface area contributed by atoms with Crippen LogP contribution in [0.1, 0.15) is 0 Å². The van der Waals surface area contributed by atoms with Gasteiger partial charge in [0.15, 0.2) is 0 Å². The lowest BCUT2D eigenvalue weighted by atomic mass is 10.3. The van der Waals surface area contributed by atoms with Gasteiger partial charge in [-0.25, -0.2) is 8.42 Å². The molecule has 0 atom stereocenters. The number of rotatable bonds is 8. The molecule has 0 bridgehead atoms. The Morgan fingerprint density at radius 1 is 1.05 bits per heavy atom. The summed E-state index contributed by atoms with van der Waals surface area (Å²) in [5.74, 6) is 0.260. The predicted octanol–water partition coefficient (Wildman–Crippen LogP) is 2.96. The Morgan fingerprint density at radius 2 is 1.70 bits per heavy atom. The molecule has 1 aromatic carbocycles. The number of hydrogen-bond acceptors (Lipinski definition) is 5. The first kappa shape index (κ1) is 17.8. The molecule has 0 amide bonds. The third kappa shape index (κ3) is 5.27. The van der Waals surface area contributed by atoms with Crippen molar-refractivity contribution in [3.8, 4) is 5.75 Å². The van der Waals surface area contributed by atoms with Crippen LogP contribution in [0.25, 0.3) is 0 Å². The number of methoxy groups -OCH3 is 1. The van der Waals surface area contributed by atoms with Crippen LogP contribution in [0.5, 0.6) is 5.75 Å². The van der Waals surface area contributed by atoms with Crippen LogP contribution in [-0.2, 0) is 18.5 Å². The maximum absolute atomic E-state index is 11.2. The van der Waals surface area contributed by atoms with Crippen LogP contribution in [0.2, 0.25) is 10.0 Å². The number of benzene rings is 1. The maximum Gasteiger partial charge on any atom is 0.262 e. The molecule has 0 aliphatic heterocycles. The number of hydrogen-bond donors (Lipinski definition) is 0. The van der Waals surface area contributed by atoms with Crippen LogP contribution in [-0.4, -0.2) is 42.0 Å². The van der Waals surface area contributed by atoms with Crippen molar-refractivity contribution >= 4 is 42.9 Å². The van der Waals surface area contributed by atoms with Crippen molar-refractivity contribution in [1.29, 1.82) is 0 Å². The average molecular weight is 364 g/mol. The summed E-state index contributed by atoms with van der Waals surface area (Å²) in [6, 6.07) is 2.62. The van der Waals surface area contributed by atoms with E-state index in [-0.39, 0.29) is 27.3 Å². The second-order valence-electron chi connectivity index (χ2n) is 3.58. The molecule has 0 aliphatic rings. The van der Waals surface area contributed by atoms with E-state index in [4.69, 9.17) is 48.1 Å². The van der Waals surface area contributed by atoms with Crippen LogP contribution >= 0.6 is 33.9 Å². The van der Waals surface area contributed by atoms with Crippen molar-refractivity contribution in [3.05, 3.63) is 22.2 Å². The minimum Gasteiger partial charge on any atom is -0.490 e. The molecule has 0 aromatic heterocycles. The van der Waals surface area contributed by atoms with Gasteiger partial charge < -0.3 is 14.2 Å². The molecular formula is C11H13Cl3O5S. The Morgan fingerprint density at radius 3 is 2.30 bits per heavy atom. The molecule has 9 heteroatoms. The van der Waals surface area contributed by atoms with Crippen LogP contribution in [0.3, 0.4) is 0 Å². The Kier molecular flexibility index (Phi) is 7.36. The summed E-state index contributed by atoms with van der Waals surface area (Å²) in [7, 11) is 2.85. The molecule has 0 radical (unpaired) electrons. The second kappa shape index (κ2) is 8.26. The fourth-order valence-electron chi connectivity index (χ4n) is 1.27. The standard InChI is InChI=1S/C11H13Cl3O5S/c1-17-4-5-18-6-7-19-8-2-3-9(20(14,15)16)11(13)10(8)12/h2-3H,4-7H2,1H3. The summed E-state index contributed by atoms with van der Waals surface area (Å²) in [5.41, 5.74) is 0. The van der Waals surface area contributed by atoms with E-state index in [1.807, 2.05) is 0 Å². The first-order valence-corrected chi connectivity index (χ1v) is 8.56. The quantitative estimate of drug-likeness (QED) is 0.525. The molecule has 20 heavy (non-hydrogen) atoms. The molecule has 0 saturated carbocycles. The van der Waals surface area contributed by atoms with Crippen molar-refractivity contribution < 1.29 is 22.6 Å². The molecular weight excluding hydrogens is 351 g/mol. The summed E-state index contributed by atoms with van der Waals surface area (Å²) < 4.78 is 37.8. The van der Waals surface area contributed by atoms with Crippen molar-refractivity contribution in [2.75, 3.05) is 33.5 Å². The van der Waals surface area contributed by atoms with Gasteiger partial charge in [0.25, 0.3) is 9.05 Å². The first-order valence-electron chi connectivity index (χ1n) is 5.50. The molecule has 0 aliphatic carbocycles. The SMILES string of the molecule is COCCOCCOc1ccc(S(=O)(=O)Cl)c(Cl)c1Cl. The topological polar surface area (TPSA) is 61.8 Å². The van der Waals surface area contributed by atoms with Crippen LogP contribution in [0, 0.1) is 0 Å². The van der Waals surface area contributed by atoms with E-state index in [9.17, 15) is 8.42 Å². The Balaban J connectivity index is 2.63. The first-order chi connectivity index (χ1) is 9.38. The molecule has 5 nitrogen and oxygen atoms in total. The molecule has 0 unspecified atom stereocenters. The molecule has 0 fully saturated rings. The lowest BCUT2D eigenvalue weighted by molar-refractivity contribution is 0.0544. The highest BCUT2D eigenvalue weighted by Crippen LogP contribution is 2.37. The summed E-state index contributed by atoms with van der Waals surface area (Å²) in [4.78, 5) is -0.255. The van der Waals surface area contributed by atoms with Gasteiger partial charge in [0.05, 0.1) is 24.8 Å². The molecule has 1 rings (SSSR count). The van der Waals surface area contributed by atoms with Gasteiger partial charge in [0.1, 0.15) is 22.3 Å². The summed E-state index contributed by atoms with van der Waals surface area (Å²) in [6.07, 6.45) is 0. The van der Waals surface area contributed by atoms with E-state index < -0.39 is 9.05 Å². The van der Waals surface area contributed by atoms with Crippen molar-refractivity contribution in [1.82, 2.24) is 0 Å². The molecule has 1 aromatic rings. The van der Waals surface area contributed by atoms with E-state index in [2.05, 4.69) is 0 Å². The van der Waals surface area contributed by atoms with Crippen molar-refractivity contribution in [2.45, 2.75) is 4.90 Å². The summed E-state index contributed by atoms with van der Waals surface area (Å²) >= 11 is 11.8. The van der Waals surface area contributed by atoms with Gasteiger partial charge in [-0.1, -0.05) is 23.2 Å². The third-order valence-electron chi connectivity index (χ3n) is 2.19. The fourth-order valence-corrected chi connectivity index (χ4v) is 3.06. The van der Waals surface area contributed by atoms with Crippen molar-refractivity contribution in [3.63, 3.8) is 0 Å². The molecule has 0 heterocycles. The van der Waals surface area contributed by atoms with E-state index in [0.717, 1.165) is 0 Å². The highest BCUT2D eigenvalue weighted by Gasteiger charge is 2.19. The van der Waals surface area contributed by atoms with Crippen LogP contribution < -0.4 is 4.74 Å². The normalized spacial score (nSPS) is 11.6. The Bertz CT molecular complexity index is 547. The molecule has 0 N–H and O–H groups in total.